The molecule has 3 nitrogen and oxygen atoms in total. The summed E-state index contributed by atoms with van der Waals surface area (Å²) < 4.78 is 0. The Morgan fingerprint density at radius 2 is 1.89 bits per heavy atom. The number of hydrogen-bond donors (Lipinski definition) is 1. The third-order valence-corrected chi connectivity index (χ3v) is 4.27. The minimum Gasteiger partial charge on any atom is -0.315 e. The summed E-state index contributed by atoms with van der Waals surface area (Å²) in [5.41, 5.74) is 0. The van der Waals surface area contributed by atoms with Gasteiger partial charge in [0, 0.05) is 18.6 Å². The van der Waals surface area contributed by atoms with E-state index >= 15 is 0 Å². The smallest absolute Gasteiger partial charge is 0.0220 e. The lowest BCUT2D eigenvalue weighted by Gasteiger charge is -2.39. The van der Waals surface area contributed by atoms with Gasteiger partial charge in [0.05, 0.1) is 0 Å². The molecule has 1 N–H and O–H groups in total. The first-order valence-corrected chi connectivity index (χ1v) is 7.80. The van der Waals surface area contributed by atoms with E-state index in [2.05, 4.69) is 43.1 Å². The van der Waals surface area contributed by atoms with Crippen LogP contribution in [0.15, 0.2) is 0 Å². The summed E-state index contributed by atoms with van der Waals surface area (Å²) in [6.07, 6.45) is 6.51. The standard InChI is InChI=1S/C15H33N3/c1-5-7-15(13-16-10-6-2)18(4)14-8-11-17(3)12-9-14/h14-16H,5-13H2,1-4H3. The molecule has 1 rings (SSSR count). The molecule has 0 aromatic carbocycles. The molecule has 18 heavy (non-hydrogen) atoms. The number of nitrogens with one attached hydrogen (secondary N) is 1. The molecular weight excluding hydrogens is 222 g/mol. The van der Waals surface area contributed by atoms with E-state index in [4.69, 9.17) is 0 Å². The van der Waals surface area contributed by atoms with Gasteiger partial charge in [-0.05, 0) is 59.4 Å². The van der Waals surface area contributed by atoms with Crippen LogP contribution < -0.4 is 5.32 Å². The molecule has 0 radical (unpaired) electrons. The van der Waals surface area contributed by atoms with Crippen LogP contribution >= 0.6 is 0 Å². The fraction of sp³-hybridized carbons (Fsp3) is 1.00. The van der Waals surface area contributed by atoms with Crippen molar-refractivity contribution in [2.75, 3.05) is 40.3 Å². The molecule has 1 fully saturated rings. The zero-order valence-corrected chi connectivity index (χ0v) is 12.9. The monoisotopic (exact) mass is 255 g/mol. The highest BCUT2D eigenvalue weighted by Gasteiger charge is 2.25. The quantitative estimate of drug-likeness (QED) is 0.671. The van der Waals surface area contributed by atoms with Crippen molar-refractivity contribution in [3.05, 3.63) is 0 Å². The first-order chi connectivity index (χ1) is 8.69. The molecule has 0 saturated carbocycles. The Balaban J connectivity index is 2.39. The van der Waals surface area contributed by atoms with E-state index in [1.807, 2.05) is 0 Å². The van der Waals surface area contributed by atoms with Crippen molar-refractivity contribution in [3.63, 3.8) is 0 Å². The van der Waals surface area contributed by atoms with Crippen molar-refractivity contribution >= 4 is 0 Å². The minimum absolute atomic E-state index is 0.718. The molecule has 0 aromatic heterocycles. The minimum atomic E-state index is 0.718. The van der Waals surface area contributed by atoms with Gasteiger partial charge in [-0.1, -0.05) is 20.3 Å². The van der Waals surface area contributed by atoms with Crippen LogP contribution in [-0.4, -0.2) is 62.2 Å². The van der Waals surface area contributed by atoms with Crippen molar-refractivity contribution in [2.45, 2.75) is 58.0 Å². The molecule has 0 aliphatic carbocycles. The van der Waals surface area contributed by atoms with E-state index in [-0.39, 0.29) is 0 Å². The largest absolute Gasteiger partial charge is 0.315 e. The Labute approximate surface area is 114 Å². The molecule has 1 saturated heterocycles. The van der Waals surface area contributed by atoms with E-state index in [1.165, 1.54) is 45.2 Å². The van der Waals surface area contributed by atoms with E-state index in [0.29, 0.717) is 0 Å². The Kier molecular flexibility index (Phi) is 7.87. The average Bonchev–Trinajstić information content (AvgIpc) is 2.38. The Bertz CT molecular complexity index is 200. The summed E-state index contributed by atoms with van der Waals surface area (Å²) in [5.74, 6) is 0. The second-order valence-corrected chi connectivity index (χ2v) is 5.85. The van der Waals surface area contributed by atoms with Gasteiger partial charge in [-0.25, -0.2) is 0 Å². The van der Waals surface area contributed by atoms with Crippen LogP contribution in [0.4, 0.5) is 0 Å². The van der Waals surface area contributed by atoms with Crippen LogP contribution in [0, 0.1) is 0 Å². The van der Waals surface area contributed by atoms with Crippen molar-refractivity contribution in [2.24, 2.45) is 0 Å². The molecule has 0 bridgehead atoms. The fourth-order valence-electron chi connectivity index (χ4n) is 2.93. The molecule has 0 spiro atoms. The number of hydrogen-bond acceptors (Lipinski definition) is 3. The molecule has 1 aliphatic heterocycles. The first kappa shape index (κ1) is 15.9. The number of rotatable bonds is 8. The van der Waals surface area contributed by atoms with Gasteiger partial charge in [-0.3, -0.25) is 4.90 Å². The van der Waals surface area contributed by atoms with Crippen molar-refractivity contribution < 1.29 is 0 Å². The van der Waals surface area contributed by atoms with Crippen LogP contribution in [-0.2, 0) is 0 Å². The lowest BCUT2D eigenvalue weighted by atomic mass is 10.0. The third-order valence-electron chi connectivity index (χ3n) is 4.27. The van der Waals surface area contributed by atoms with E-state index in [1.54, 1.807) is 0 Å². The summed E-state index contributed by atoms with van der Waals surface area (Å²) in [5, 5.41) is 3.60. The summed E-state index contributed by atoms with van der Waals surface area (Å²) in [7, 11) is 4.58. The number of piperidine rings is 1. The molecule has 0 aromatic rings. The van der Waals surface area contributed by atoms with Gasteiger partial charge in [0.15, 0.2) is 0 Å². The predicted molar refractivity (Wildman–Crippen MR) is 80.1 cm³/mol. The molecule has 1 unspecified atom stereocenters. The topological polar surface area (TPSA) is 18.5 Å². The maximum absolute atomic E-state index is 3.60. The van der Waals surface area contributed by atoms with Gasteiger partial charge in [-0.15, -0.1) is 0 Å². The maximum Gasteiger partial charge on any atom is 0.0220 e. The van der Waals surface area contributed by atoms with Crippen LogP contribution in [0.2, 0.25) is 0 Å². The molecule has 0 amide bonds. The maximum atomic E-state index is 3.60. The zero-order chi connectivity index (χ0) is 13.4. The van der Waals surface area contributed by atoms with Crippen LogP contribution in [0.3, 0.4) is 0 Å². The molecular formula is C15H33N3. The van der Waals surface area contributed by atoms with Gasteiger partial charge in [0.1, 0.15) is 0 Å². The van der Waals surface area contributed by atoms with Gasteiger partial charge in [0.2, 0.25) is 0 Å². The van der Waals surface area contributed by atoms with Gasteiger partial charge in [-0.2, -0.15) is 0 Å². The van der Waals surface area contributed by atoms with Crippen LogP contribution in [0.25, 0.3) is 0 Å². The number of likely N-dealkylation sites (N-methyl/N-ethyl adjacent to an activating group) is 1. The Morgan fingerprint density at radius 1 is 1.22 bits per heavy atom. The van der Waals surface area contributed by atoms with E-state index in [9.17, 15) is 0 Å². The normalized spacial score (nSPS) is 20.5. The Morgan fingerprint density at radius 3 is 2.44 bits per heavy atom. The van der Waals surface area contributed by atoms with Gasteiger partial charge < -0.3 is 10.2 Å². The highest BCUT2D eigenvalue weighted by atomic mass is 15.2. The van der Waals surface area contributed by atoms with E-state index in [0.717, 1.165) is 25.2 Å². The first-order valence-electron chi connectivity index (χ1n) is 7.80. The van der Waals surface area contributed by atoms with Crippen molar-refractivity contribution in [1.29, 1.82) is 0 Å². The van der Waals surface area contributed by atoms with Crippen molar-refractivity contribution in [1.82, 2.24) is 15.1 Å². The number of nitrogens with zero attached hydrogens (tertiary/aromatic N) is 2. The molecule has 3 heteroatoms. The molecule has 1 aliphatic rings. The van der Waals surface area contributed by atoms with Gasteiger partial charge in [0.25, 0.3) is 0 Å². The summed E-state index contributed by atoms with van der Waals surface area (Å²) in [4.78, 5) is 5.10. The highest BCUT2D eigenvalue weighted by Crippen LogP contribution is 2.18. The molecule has 108 valence electrons. The fourth-order valence-corrected chi connectivity index (χ4v) is 2.93. The average molecular weight is 255 g/mol. The van der Waals surface area contributed by atoms with Gasteiger partial charge >= 0.3 is 0 Å². The lowest BCUT2D eigenvalue weighted by Crippen LogP contribution is -2.49. The number of likely N-dealkylation sites (tertiary alicyclic amines) is 1. The SMILES string of the molecule is CCCNCC(CCC)N(C)C1CCN(C)CC1. The lowest BCUT2D eigenvalue weighted by molar-refractivity contribution is 0.101. The molecule has 1 atom stereocenters. The van der Waals surface area contributed by atoms with E-state index < -0.39 is 0 Å². The summed E-state index contributed by atoms with van der Waals surface area (Å²) in [6.45, 7) is 9.37. The van der Waals surface area contributed by atoms with Crippen molar-refractivity contribution in [3.8, 4) is 0 Å². The zero-order valence-electron chi connectivity index (χ0n) is 12.9. The second kappa shape index (κ2) is 8.89. The third kappa shape index (κ3) is 5.25. The summed E-state index contributed by atoms with van der Waals surface area (Å²) in [6, 6.07) is 1.51. The second-order valence-electron chi connectivity index (χ2n) is 5.85. The predicted octanol–water partition coefficient (Wildman–Crippen LogP) is 2.18. The summed E-state index contributed by atoms with van der Waals surface area (Å²) >= 11 is 0. The molecule has 1 heterocycles. The highest BCUT2D eigenvalue weighted by molar-refractivity contribution is 4.82. The van der Waals surface area contributed by atoms with Crippen LogP contribution in [0.1, 0.15) is 46.0 Å². The Hall–Kier alpha value is -0.120. The van der Waals surface area contributed by atoms with Crippen LogP contribution in [0.5, 0.6) is 0 Å².